The van der Waals surface area contributed by atoms with Crippen LogP contribution in [0, 0.1) is 0 Å². The van der Waals surface area contributed by atoms with Gasteiger partial charge < -0.3 is 9.64 Å². The third-order valence-corrected chi connectivity index (χ3v) is 5.43. The molecule has 3 aromatic rings. The molecule has 5 nitrogen and oxygen atoms in total. The average molecular weight is 387 g/mol. The number of methoxy groups -OCH3 is 1. The SMILES string of the molecule is COc1cccc(-c2cccc([C@H]3CCCN(C(=O)Cc4ccncc4)C3)n2)c1. The van der Waals surface area contributed by atoms with Crippen LogP contribution in [0.4, 0.5) is 0 Å². The van der Waals surface area contributed by atoms with Gasteiger partial charge in [0.15, 0.2) is 0 Å². The summed E-state index contributed by atoms with van der Waals surface area (Å²) in [5.74, 6) is 1.25. The van der Waals surface area contributed by atoms with E-state index >= 15 is 0 Å². The summed E-state index contributed by atoms with van der Waals surface area (Å²) in [6.45, 7) is 1.54. The minimum Gasteiger partial charge on any atom is -0.497 e. The summed E-state index contributed by atoms with van der Waals surface area (Å²) in [7, 11) is 1.67. The maximum absolute atomic E-state index is 12.8. The molecule has 1 atom stereocenters. The first kappa shape index (κ1) is 19.1. The molecule has 0 N–H and O–H groups in total. The molecule has 29 heavy (non-hydrogen) atoms. The monoisotopic (exact) mass is 387 g/mol. The van der Waals surface area contributed by atoms with E-state index in [0.717, 1.165) is 54.2 Å². The predicted molar refractivity (Wildman–Crippen MR) is 113 cm³/mol. The number of hydrogen-bond acceptors (Lipinski definition) is 4. The molecule has 3 heterocycles. The van der Waals surface area contributed by atoms with Gasteiger partial charge in [0.05, 0.1) is 19.2 Å². The minimum absolute atomic E-state index is 0.171. The second-order valence-corrected chi connectivity index (χ2v) is 7.39. The Morgan fingerprint density at radius 1 is 1.14 bits per heavy atom. The van der Waals surface area contributed by atoms with Gasteiger partial charge in [-0.3, -0.25) is 14.8 Å². The number of amides is 1. The Kier molecular flexibility index (Phi) is 5.84. The summed E-state index contributed by atoms with van der Waals surface area (Å²) in [5.41, 5.74) is 4.02. The Hall–Kier alpha value is -3.21. The van der Waals surface area contributed by atoms with Gasteiger partial charge in [0, 0.05) is 42.7 Å². The summed E-state index contributed by atoms with van der Waals surface area (Å²) in [5, 5.41) is 0. The van der Waals surface area contributed by atoms with E-state index in [9.17, 15) is 4.79 Å². The van der Waals surface area contributed by atoms with Crippen molar-refractivity contribution in [1.29, 1.82) is 0 Å². The third-order valence-electron chi connectivity index (χ3n) is 5.43. The van der Waals surface area contributed by atoms with Crippen molar-refractivity contribution in [2.24, 2.45) is 0 Å². The Labute approximate surface area is 171 Å². The van der Waals surface area contributed by atoms with Crippen LogP contribution in [0.15, 0.2) is 67.0 Å². The Bertz CT molecular complexity index is 975. The molecule has 0 unspecified atom stereocenters. The van der Waals surface area contributed by atoms with Crippen LogP contribution in [0.2, 0.25) is 0 Å². The highest BCUT2D eigenvalue weighted by Crippen LogP contribution is 2.29. The quantitative estimate of drug-likeness (QED) is 0.661. The van der Waals surface area contributed by atoms with Crippen molar-refractivity contribution in [2.75, 3.05) is 20.2 Å². The zero-order valence-electron chi connectivity index (χ0n) is 16.6. The molecule has 1 aliphatic heterocycles. The highest BCUT2D eigenvalue weighted by molar-refractivity contribution is 5.79. The van der Waals surface area contributed by atoms with E-state index in [-0.39, 0.29) is 11.8 Å². The lowest BCUT2D eigenvalue weighted by Gasteiger charge is -2.32. The number of benzene rings is 1. The molecule has 1 saturated heterocycles. The molecular weight excluding hydrogens is 362 g/mol. The van der Waals surface area contributed by atoms with Gasteiger partial charge in [0.1, 0.15) is 5.75 Å². The largest absolute Gasteiger partial charge is 0.497 e. The molecular formula is C24H25N3O2. The highest BCUT2D eigenvalue weighted by Gasteiger charge is 2.25. The van der Waals surface area contributed by atoms with Crippen LogP contribution in [0.5, 0.6) is 5.75 Å². The molecule has 0 aliphatic carbocycles. The van der Waals surface area contributed by atoms with Gasteiger partial charge in [0.25, 0.3) is 0 Å². The fourth-order valence-electron chi connectivity index (χ4n) is 3.85. The van der Waals surface area contributed by atoms with Crippen LogP contribution in [-0.2, 0) is 11.2 Å². The van der Waals surface area contributed by atoms with Crippen LogP contribution in [0.1, 0.15) is 30.0 Å². The van der Waals surface area contributed by atoms with E-state index in [1.807, 2.05) is 47.4 Å². The smallest absolute Gasteiger partial charge is 0.227 e. The van der Waals surface area contributed by atoms with E-state index in [1.165, 1.54) is 0 Å². The van der Waals surface area contributed by atoms with Crippen molar-refractivity contribution >= 4 is 5.91 Å². The van der Waals surface area contributed by atoms with Crippen molar-refractivity contribution in [3.8, 4) is 17.0 Å². The van der Waals surface area contributed by atoms with Gasteiger partial charge in [-0.1, -0.05) is 18.2 Å². The topological polar surface area (TPSA) is 55.3 Å². The maximum Gasteiger partial charge on any atom is 0.227 e. The Morgan fingerprint density at radius 3 is 2.79 bits per heavy atom. The predicted octanol–water partition coefficient (Wildman–Crippen LogP) is 4.10. The molecule has 5 heteroatoms. The molecule has 2 aromatic heterocycles. The van der Waals surface area contributed by atoms with Crippen LogP contribution in [0.25, 0.3) is 11.3 Å². The summed E-state index contributed by atoms with van der Waals surface area (Å²) < 4.78 is 5.34. The van der Waals surface area contributed by atoms with Crippen LogP contribution < -0.4 is 4.74 Å². The average Bonchev–Trinajstić information content (AvgIpc) is 2.80. The summed E-state index contributed by atoms with van der Waals surface area (Å²) >= 11 is 0. The molecule has 0 radical (unpaired) electrons. The number of carbonyl (C=O) groups excluding carboxylic acids is 1. The first-order valence-corrected chi connectivity index (χ1v) is 10.0. The van der Waals surface area contributed by atoms with E-state index in [4.69, 9.17) is 9.72 Å². The zero-order valence-corrected chi connectivity index (χ0v) is 16.6. The summed E-state index contributed by atoms with van der Waals surface area (Å²) in [6, 6.07) is 17.9. The normalized spacial score (nSPS) is 16.4. The lowest BCUT2D eigenvalue weighted by atomic mass is 9.93. The van der Waals surface area contributed by atoms with Crippen molar-refractivity contribution in [3.05, 3.63) is 78.2 Å². The van der Waals surface area contributed by atoms with Crippen LogP contribution in [-0.4, -0.2) is 41.0 Å². The fourth-order valence-corrected chi connectivity index (χ4v) is 3.85. The summed E-state index contributed by atoms with van der Waals surface area (Å²) in [4.78, 5) is 23.7. The highest BCUT2D eigenvalue weighted by atomic mass is 16.5. The number of carbonyl (C=O) groups is 1. The number of hydrogen-bond donors (Lipinski definition) is 0. The van der Waals surface area contributed by atoms with Crippen molar-refractivity contribution in [2.45, 2.75) is 25.2 Å². The summed E-state index contributed by atoms with van der Waals surface area (Å²) in [6.07, 6.45) is 5.93. The molecule has 0 bridgehead atoms. The number of pyridine rings is 2. The van der Waals surface area contributed by atoms with Gasteiger partial charge in [-0.2, -0.15) is 0 Å². The first-order valence-electron chi connectivity index (χ1n) is 10.0. The van der Waals surface area contributed by atoms with Gasteiger partial charge in [-0.25, -0.2) is 0 Å². The number of aromatic nitrogens is 2. The maximum atomic E-state index is 12.8. The Balaban J connectivity index is 1.49. The number of nitrogens with zero attached hydrogens (tertiary/aromatic N) is 3. The van der Waals surface area contributed by atoms with E-state index in [0.29, 0.717) is 6.42 Å². The minimum atomic E-state index is 0.171. The Morgan fingerprint density at radius 2 is 1.97 bits per heavy atom. The molecule has 1 aliphatic rings. The van der Waals surface area contributed by atoms with Crippen molar-refractivity contribution < 1.29 is 9.53 Å². The molecule has 1 fully saturated rings. The lowest BCUT2D eigenvalue weighted by molar-refractivity contribution is -0.131. The van der Waals surface area contributed by atoms with E-state index < -0.39 is 0 Å². The van der Waals surface area contributed by atoms with E-state index in [1.54, 1.807) is 19.5 Å². The van der Waals surface area contributed by atoms with E-state index in [2.05, 4.69) is 17.1 Å². The van der Waals surface area contributed by atoms with Crippen molar-refractivity contribution in [3.63, 3.8) is 0 Å². The number of likely N-dealkylation sites (tertiary alicyclic amines) is 1. The molecule has 0 spiro atoms. The second kappa shape index (κ2) is 8.86. The molecule has 1 aromatic carbocycles. The van der Waals surface area contributed by atoms with Gasteiger partial charge in [-0.15, -0.1) is 0 Å². The molecule has 4 rings (SSSR count). The molecule has 148 valence electrons. The third kappa shape index (κ3) is 4.62. The number of piperidine rings is 1. The van der Waals surface area contributed by atoms with Crippen LogP contribution >= 0.6 is 0 Å². The standard InChI is InChI=1S/C24H25N3O2/c1-29-21-7-2-5-19(16-21)22-8-3-9-23(26-22)20-6-4-14-27(17-20)24(28)15-18-10-12-25-13-11-18/h2-3,5,7-13,16,20H,4,6,14-15,17H2,1H3/t20-/m0/s1. The van der Waals surface area contributed by atoms with Gasteiger partial charge in [0.2, 0.25) is 5.91 Å². The van der Waals surface area contributed by atoms with Gasteiger partial charge >= 0.3 is 0 Å². The van der Waals surface area contributed by atoms with Crippen molar-refractivity contribution in [1.82, 2.24) is 14.9 Å². The van der Waals surface area contributed by atoms with Crippen LogP contribution in [0.3, 0.4) is 0 Å². The molecule has 1 amide bonds. The number of ether oxygens (including phenoxy) is 1. The first-order chi connectivity index (χ1) is 14.2. The molecule has 0 saturated carbocycles. The van der Waals surface area contributed by atoms with Gasteiger partial charge in [-0.05, 0) is 54.8 Å². The second-order valence-electron chi connectivity index (χ2n) is 7.39. The fraction of sp³-hybridized carbons (Fsp3) is 0.292. The number of rotatable bonds is 5. The lowest BCUT2D eigenvalue weighted by Crippen LogP contribution is -2.40. The zero-order chi connectivity index (χ0) is 20.1.